The number of aromatic nitrogens is 1. The minimum absolute atomic E-state index is 0.0485. The number of pyridine rings is 1. The van der Waals surface area contributed by atoms with Crippen molar-refractivity contribution in [2.45, 2.75) is 6.42 Å². The molecule has 0 bridgehead atoms. The number of primary amides is 1. The number of morpholine rings is 1. The third-order valence-corrected chi connectivity index (χ3v) is 3.58. The summed E-state index contributed by atoms with van der Waals surface area (Å²) in [5.41, 5.74) is 6.17. The molecule has 0 saturated carbocycles. The number of rotatable bonds is 1. The number of fused-ring (bicyclic) bond motifs is 1. The van der Waals surface area contributed by atoms with Crippen molar-refractivity contribution in [3.63, 3.8) is 0 Å². The van der Waals surface area contributed by atoms with E-state index in [4.69, 9.17) is 10.5 Å². The van der Waals surface area contributed by atoms with Gasteiger partial charge in [-0.1, -0.05) is 0 Å². The molecule has 2 amide bonds. The highest BCUT2D eigenvalue weighted by Gasteiger charge is 2.28. The average molecular weight is 276 g/mol. The summed E-state index contributed by atoms with van der Waals surface area (Å²) in [5, 5.41) is 0. The molecule has 0 spiro atoms. The summed E-state index contributed by atoms with van der Waals surface area (Å²) in [6.45, 7) is 3.12. The monoisotopic (exact) mass is 276 g/mol. The molecule has 7 nitrogen and oxygen atoms in total. The normalized spacial score (nSPS) is 18.9. The predicted octanol–water partition coefficient (Wildman–Crippen LogP) is 0.390. The van der Waals surface area contributed by atoms with E-state index in [2.05, 4.69) is 9.88 Å². The zero-order chi connectivity index (χ0) is 14.1. The van der Waals surface area contributed by atoms with Crippen molar-refractivity contribution in [3.05, 3.63) is 17.8 Å². The van der Waals surface area contributed by atoms with Crippen molar-refractivity contribution < 1.29 is 14.3 Å². The van der Waals surface area contributed by atoms with Gasteiger partial charge in [0.1, 0.15) is 11.5 Å². The minimum Gasteiger partial charge on any atom is -0.378 e. The smallest absolute Gasteiger partial charge is 0.319 e. The first-order valence-corrected chi connectivity index (χ1v) is 6.61. The van der Waals surface area contributed by atoms with Crippen LogP contribution in [0.1, 0.15) is 16.9 Å². The summed E-state index contributed by atoms with van der Waals surface area (Å²) < 4.78 is 5.30. The maximum absolute atomic E-state index is 12.0. The molecule has 1 aromatic rings. The number of hydrogen-bond acceptors (Lipinski definition) is 5. The van der Waals surface area contributed by atoms with Crippen LogP contribution < -0.4 is 15.5 Å². The lowest BCUT2D eigenvalue weighted by atomic mass is 10.1. The van der Waals surface area contributed by atoms with Gasteiger partial charge in [-0.2, -0.15) is 0 Å². The number of anilines is 2. The lowest BCUT2D eigenvalue weighted by Gasteiger charge is -2.30. The van der Waals surface area contributed by atoms with Crippen molar-refractivity contribution in [3.8, 4) is 0 Å². The highest BCUT2D eigenvalue weighted by Crippen LogP contribution is 2.28. The van der Waals surface area contributed by atoms with Gasteiger partial charge in [-0.3, -0.25) is 9.69 Å². The maximum Gasteiger partial charge on any atom is 0.319 e. The van der Waals surface area contributed by atoms with Crippen LogP contribution in [0.4, 0.5) is 16.3 Å². The molecule has 3 heterocycles. The van der Waals surface area contributed by atoms with Gasteiger partial charge in [0.15, 0.2) is 5.78 Å². The predicted molar refractivity (Wildman–Crippen MR) is 73.1 cm³/mol. The first-order chi connectivity index (χ1) is 9.66. The second-order valence-electron chi connectivity index (χ2n) is 4.80. The third kappa shape index (κ3) is 2.20. The van der Waals surface area contributed by atoms with E-state index >= 15 is 0 Å². The number of nitrogens with zero attached hydrogens (tertiary/aromatic N) is 3. The van der Waals surface area contributed by atoms with Crippen molar-refractivity contribution in [1.82, 2.24) is 4.98 Å². The van der Waals surface area contributed by atoms with Gasteiger partial charge in [0.25, 0.3) is 0 Å². The molecule has 1 fully saturated rings. The Bertz CT molecular complexity index is 555. The van der Waals surface area contributed by atoms with E-state index in [1.54, 1.807) is 6.07 Å². The van der Waals surface area contributed by atoms with Crippen LogP contribution in [0.3, 0.4) is 0 Å². The second kappa shape index (κ2) is 5.09. The number of urea groups is 1. The molecule has 1 aromatic heterocycles. The van der Waals surface area contributed by atoms with E-state index < -0.39 is 6.03 Å². The molecule has 20 heavy (non-hydrogen) atoms. The maximum atomic E-state index is 12.0. The number of nitrogens with two attached hydrogens (primary N) is 1. The summed E-state index contributed by atoms with van der Waals surface area (Å²) >= 11 is 0. The molecule has 2 N–H and O–H groups in total. The molecule has 106 valence electrons. The lowest BCUT2D eigenvalue weighted by molar-refractivity contribution is 0.0976. The second-order valence-corrected chi connectivity index (χ2v) is 4.80. The molecule has 2 aliphatic rings. The van der Waals surface area contributed by atoms with E-state index in [-0.39, 0.29) is 12.2 Å². The number of carbonyl (C=O) groups excluding carboxylic acids is 2. The molecule has 0 unspecified atom stereocenters. The van der Waals surface area contributed by atoms with Gasteiger partial charge in [-0.05, 0) is 12.1 Å². The number of Topliss-reactive ketones (excluding diaryl/α,β-unsaturated/α-hetero) is 1. The van der Waals surface area contributed by atoms with Crippen LogP contribution in [-0.2, 0) is 4.74 Å². The van der Waals surface area contributed by atoms with Crippen LogP contribution in [-0.4, -0.2) is 49.6 Å². The molecular formula is C13H16N4O3. The standard InChI is InChI=1S/C13H16N4O3/c14-13(19)17-4-3-10(18)12-9(17)1-2-11(15-12)16-5-7-20-8-6-16/h1-2H,3-8H2,(H2,14,19). The first kappa shape index (κ1) is 12.9. The summed E-state index contributed by atoms with van der Waals surface area (Å²) in [6, 6.07) is 3.01. The SMILES string of the molecule is NC(=O)N1CCC(=O)c2nc(N3CCOCC3)ccc21. The quantitative estimate of drug-likeness (QED) is 0.801. The fourth-order valence-electron chi connectivity index (χ4n) is 2.51. The number of amides is 2. The Labute approximate surface area is 116 Å². The molecule has 0 radical (unpaired) electrons. The zero-order valence-corrected chi connectivity index (χ0v) is 11.0. The fourth-order valence-corrected chi connectivity index (χ4v) is 2.51. The Kier molecular flexibility index (Phi) is 3.27. The van der Waals surface area contributed by atoms with E-state index in [9.17, 15) is 9.59 Å². The molecule has 0 aliphatic carbocycles. The average Bonchev–Trinajstić information content (AvgIpc) is 2.48. The van der Waals surface area contributed by atoms with E-state index in [1.165, 1.54) is 4.90 Å². The van der Waals surface area contributed by atoms with E-state index in [1.807, 2.05) is 6.07 Å². The number of ether oxygens (including phenoxy) is 1. The van der Waals surface area contributed by atoms with E-state index in [0.717, 1.165) is 18.9 Å². The Morgan fingerprint density at radius 2 is 2.00 bits per heavy atom. The number of hydrogen-bond donors (Lipinski definition) is 1. The Morgan fingerprint density at radius 3 is 2.70 bits per heavy atom. The Hall–Kier alpha value is -2.15. The van der Waals surface area contributed by atoms with Gasteiger partial charge in [0.2, 0.25) is 0 Å². The largest absolute Gasteiger partial charge is 0.378 e. The van der Waals surface area contributed by atoms with Crippen LogP contribution in [0.25, 0.3) is 0 Å². The Morgan fingerprint density at radius 1 is 1.25 bits per heavy atom. The highest BCUT2D eigenvalue weighted by atomic mass is 16.5. The third-order valence-electron chi connectivity index (χ3n) is 3.58. The minimum atomic E-state index is -0.556. The molecule has 3 rings (SSSR count). The Balaban J connectivity index is 1.96. The van der Waals surface area contributed by atoms with Crippen LogP contribution >= 0.6 is 0 Å². The molecule has 7 heteroatoms. The van der Waals surface area contributed by atoms with Gasteiger partial charge in [0, 0.05) is 26.1 Å². The van der Waals surface area contributed by atoms with Crippen molar-refractivity contribution in [2.75, 3.05) is 42.6 Å². The fraction of sp³-hybridized carbons (Fsp3) is 0.462. The summed E-state index contributed by atoms with van der Waals surface area (Å²) in [6.07, 6.45) is 0.259. The molecule has 0 aromatic carbocycles. The molecule has 1 saturated heterocycles. The van der Waals surface area contributed by atoms with Gasteiger partial charge in [-0.15, -0.1) is 0 Å². The van der Waals surface area contributed by atoms with Crippen molar-refractivity contribution >= 4 is 23.3 Å². The lowest BCUT2D eigenvalue weighted by Crippen LogP contribution is -2.42. The van der Waals surface area contributed by atoms with Crippen LogP contribution in [0.2, 0.25) is 0 Å². The number of ketones is 1. The van der Waals surface area contributed by atoms with Gasteiger partial charge in [-0.25, -0.2) is 9.78 Å². The topological polar surface area (TPSA) is 88.8 Å². The molecular weight excluding hydrogens is 260 g/mol. The summed E-state index contributed by atoms with van der Waals surface area (Å²) in [5.74, 6) is 0.694. The van der Waals surface area contributed by atoms with Crippen molar-refractivity contribution in [2.24, 2.45) is 5.73 Å². The molecule has 0 atom stereocenters. The molecule has 2 aliphatic heterocycles. The van der Waals surface area contributed by atoms with E-state index in [0.29, 0.717) is 31.1 Å². The van der Waals surface area contributed by atoms with Gasteiger partial charge in [0.05, 0.1) is 18.9 Å². The van der Waals surface area contributed by atoms with Gasteiger partial charge < -0.3 is 15.4 Å². The van der Waals surface area contributed by atoms with Crippen molar-refractivity contribution in [1.29, 1.82) is 0 Å². The highest BCUT2D eigenvalue weighted by molar-refractivity contribution is 6.07. The summed E-state index contributed by atoms with van der Waals surface area (Å²) in [7, 11) is 0. The zero-order valence-electron chi connectivity index (χ0n) is 11.0. The van der Waals surface area contributed by atoms with Crippen LogP contribution in [0.15, 0.2) is 12.1 Å². The number of carbonyl (C=O) groups is 2. The van der Waals surface area contributed by atoms with Gasteiger partial charge >= 0.3 is 6.03 Å². The van der Waals surface area contributed by atoms with Crippen LogP contribution in [0.5, 0.6) is 0 Å². The van der Waals surface area contributed by atoms with Crippen LogP contribution in [0, 0.1) is 0 Å². The first-order valence-electron chi connectivity index (χ1n) is 6.61. The summed E-state index contributed by atoms with van der Waals surface area (Å²) in [4.78, 5) is 31.3.